The van der Waals surface area contributed by atoms with Crippen molar-refractivity contribution < 1.29 is 26.3 Å². The standard InChI is InChI=1S/C3HF6.Po.H/c4-2(5,6)1-3(7,8)9;;/h1H;;. The van der Waals surface area contributed by atoms with Gasteiger partial charge < -0.3 is 0 Å². The summed E-state index contributed by atoms with van der Waals surface area (Å²) in [5.41, 5.74) is 0. The molecule has 0 heterocycles. The molecule has 0 aliphatic rings. The Kier molecular flexibility index (Phi) is 2.98. The molecule has 0 aromatic rings. The molecule has 0 N–H and O–H groups in total. The van der Waals surface area contributed by atoms with Gasteiger partial charge in [0.2, 0.25) is 0 Å². The maximum absolute atomic E-state index is 11.3. The predicted molar refractivity (Wildman–Crippen MR) is 23.0 cm³/mol. The molecule has 0 saturated heterocycles. The van der Waals surface area contributed by atoms with Gasteiger partial charge in [0.05, 0.1) is 0 Å². The van der Waals surface area contributed by atoms with Crippen molar-refractivity contribution in [3.63, 3.8) is 0 Å². The van der Waals surface area contributed by atoms with Crippen LogP contribution in [0.5, 0.6) is 0 Å². The Balaban J connectivity index is 4.23. The van der Waals surface area contributed by atoms with Crippen LogP contribution in [0.1, 0.15) is 0 Å². The molecular formula is C3H2F6Po. The second-order valence-corrected chi connectivity index (χ2v) is 3.49. The van der Waals surface area contributed by atoms with Crippen LogP contribution in [0.2, 0.25) is 3.58 Å². The van der Waals surface area contributed by atoms with Crippen molar-refractivity contribution in [2.24, 2.45) is 0 Å². The third-order valence-corrected chi connectivity index (χ3v) is 2.90. The molecule has 7 heteroatoms. The van der Waals surface area contributed by atoms with E-state index in [4.69, 9.17) is 0 Å². The zero-order chi connectivity index (χ0) is 8.58. The van der Waals surface area contributed by atoms with E-state index in [1.165, 1.54) is 0 Å². The van der Waals surface area contributed by atoms with Gasteiger partial charge in [0, 0.05) is 0 Å². The summed E-state index contributed by atoms with van der Waals surface area (Å²) in [5, 5.41) is 0. The van der Waals surface area contributed by atoms with Crippen molar-refractivity contribution in [1.29, 1.82) is 0 Å². The van der Waals surface area contributed by atoms with Crippen molar-refractivity contribution in [3.8, 4) is 0 Å². The number of rotatable bonds is 0. The molecule has 0 amide bonds. The molecule has 0 bridgehead atoms. The van der Waals surface area contributed by atoms with E-state index in [-0.39, 0.29) is 0 Å². The first kappa shape index (κ1) is 10.5. The van der Waals surface area contributed by atoms with Gasteiger partial charge in [0.15, 0.2) is 0 Å². The maximum atomic E-state index is 11.3. The van der Waals surface area contributed by atoms with Crippen LogP contribution in [-0.4, -0.2) is 37.4 Å². The summed E-state index contributed by atoms with van der Waals surface area (Å²) in [6.45, 7) is 0. The van der Waals surface area contributed by atoms with Gasteiger partial charge >= 0.3 is 67.3 Å². The molecular weight excluding hydrogens is 359 g/mol. The summed E-state index contributed by atoms with van der Waals surface area (Å²) < 4.78 is 64.4. The van der Waals surface area contributed by atoms with Gasteiger partial charge in [-0.15, -0.1) is 0 Å². The fourth-order valence-corrected chi connectivity index (χ4v) is 0.186. The van der Waals surface area contributed by atoms with E-state index in [9.17, 15) is 26.3 Å². The molecule has 0 radical (unpaired) electrons. The average molecular weight is 361 g/mol. The third kappa shape index (κ3) is 3.04. The second kappa shape index (κ2) is 2.84. The van der Waals surface area contributed by atoms with E-state index in [2.05, 4.69) is 0 Å². The fourth-order valence-electron chi connectivity index (χ4n) is 0.186. The first-order chi connectivity index (χ1) is 4.15. The van der Waals surface area contributed by atoms with Crippen molar-refractivity contribution in [1.82, 2.24) is 0 Å². The van der Waals surface area contributed by atoms with E-state index in [0.717, 1.165) is 0 Å². The van der Waals surface area contributed by atoms with Gasteiger partial charge in [-0.2, -0.15) is 0 Å². The molecule has 0 atom stereocenters. The Morgan fingerprint density at radius 2 is 1.00 bits per heavy atom. The molecule has 0 aromatic heterocycles. The molecule has 0 aliphatic carbocycles. The van der Waals surface area contributed by atoms with Gasteiger partial charge in [-0.05, 0) is 0 Å². The van der Waals surface area contributed by atoms with Crippen molar-refractivity contribution in [2.75, 3.05) is 0 Å². The summed E-state index contributed by atoms with van der Waals surface area (Å²) in [7, 11) is 0. The van der Waals surface area contributed by atoms with Gasteiger partial charge in [-0.3, -0.25) is 0 Å². The summed E-state index contributed by atoms with van der Waals surface area (Å²) in [5.74, 6) is 0. The predicted octanol–water partition coefficient (Wildman–Crippen LogP) is 1.80. The van der Waals surface area contributed by atoms with Gasteiger partial charge in [-0.25, -0.2) is 0 Å². The van der Waals surface area contributed by atoms with E-state index in [1.54, 1.807) is 0 Å². The first-order valence-corrected chi connectivity index (χ1v) is 3.98. The van der Waals surface area contributed by atoms with Gasteiger partial charge in [-0.1, -0.05) is 0 Å². The van der Waals surface area contributed by atoms with Crippen LogP contribution in [0.4, 0.5) is 26.3 Å². The van der Waals surface area contributed by atoms with Crippen molar-refractivity contribution in [2.45, 2.75) is 15.9 Å². The van der Waals surface area contributed by atoms with E-state index in [0.29, 0.717) is 0 Å². The Morgan fingerprint density at radius 1 is 0.800 bits per heavy atom. The Hall–Kier alpha value is 0.476. The Bertz CT molecular complexity index is 97.1. The molecule has 62 valence electrons. The monoisotopic (exact) mass is 361 g/mol. The minimum atomic E-state index is -5.13. The molecule has 0 spiro atoms. The van der Waals surface area contributed by atoms with Gasteiger partial charge in [0.1, 0.15) is 0 Å². The quantitative estimate of drug-likeness (QED) is 0.578. The number of halogens is 6. The SMILES string of the molecule is FC(F)(F)[CH]([PoH])C(F)(F)F. The van der Waals surface area contributed by atoms with Gasteiger partial charge in [0.25, 0.3) is 0 Å². The third-order valence-electron chi connectivity index (χ3n) is 0.620. The van der Waals surface area contributed by atoms with Crippen LogP contribution in [0.25, 0.3) is 0 Å². The van der Waals surface area contributed by atoms with E-state index < -0.39 is 41.0 Å². The molecule has 0 saturated carbocycles. The van der Waals surface area contributed by atoms with E-state index >= 15 is 0 Å². The summed E-state index contributed by atoms with van der Waals surface area (Å²) >= 11 is -0.738. The molecule has 0 rings (SSSR count). The van der Waals surface area contributed by atoms with E-state index in [1.807, 2.05) is 0 Å². The van der Waals surface area contributed by atoms with Crippen molar-refractivity contribution in [3.05, 3.63) is 0 Å². The van der Waals surface area contributed by atoms with Crippen LogP contribution in [0, 0.1) is 0 Å². The zero-order valence-corrected chi connectivity index (χ0v) is 7.77. The minimum absolute atomic E-state index is 0.738. The number of alkyl halides is 6. The second-order valence-electron chi connectivity index (χ2n) is 1.49. The topological polar surface area (TPSA) is 0 Å². The summed E-state index contributed by atoms with van der Waals surface area (Å²) in [6.07, 6.45) is -10.3. The average Bonchev–Trinajstić information content (AvgIpc) is 1.59. The summed E-state index contributed by atoms with van der Waals surface area (Å²) in [4.78, 5) is 0. The van der Waals surface area contributed by atoms with Crippen molar-refractivity contribution >= 4 is 25.1 Å². The fraction of sp³-hybridized carbons (Fsp3) is 1.00. The van der Waals surface area contributed by atoms with Crippen LogP contribution >= 0.6 is 0 Å². The first-order valence-electron chi connectivity index (χ1n) is 1.97. The molecule has 0 unspecified atom stereocenters. The molecule has 10 heavy (non-hydrogen) atoms. The van der Waals surface area contributed by atoms with Crippen LogP contribution < -0.4 is 0 Å². The van der Waals surface area contributed by atoms with Crippen LogP contribution in [0.3, 0.4) is 0 Å². The Labute approximate surface area is 67.7 Å². The molecule has 0 aliphatic heterocycles. The summed E-state index contributed by atoms with van der Waals surface area (Å²) in [6, 6.07) is 0. The van der Waals surface area contributed by atoms with Crippen LogP contribution in [0.15, 0.2) is 0 Å². The normalized spacial score (nSPS) is 14.4. The number of hydrogen-bond donors (Lipinski definition) is 0. The molecule has 0 aromatic carbocycles. The zero-order valence-electron chi connectivity index (χ0n) is 4.29. The Morgan fingerprint density at radius 3 is 1.00 bits per heavy atom. The van der Waals surface area contributed by atoms with Crippen LogP contribution in [-0.2, 0) is 0 Å². The molecule has 0 nitrogen and oxygen atoms in total. The number of hydrogen-bond acceptors (Lipinski definition) is 0. The molecule has 0 fully saturated rings.